The number of aromatic hydroxyl groups is 1. The standard InChI is InChI=1S/C16H12F3N3O2S/c1-21-13(23)12(9-3-2-4-10(7-9)16(17,18)19)14(24)22-11(5-6-20)8-25-15(21)22/h2-4,7,11H,5,8H2,1H3/p+1. The number of benzene rings is 1. The average Bonchev–Trinajstić information content (AvgIpc) is 2.97. The smallest absolute Gasteiger partial charge is 0.416 e. The number of aromatic nitrogens is 2. The lowest BCUT2D eigenvalue weighted by atomic mass is 10.0. The summed E-state index contributed by atoms with van der Waals surface area (Å²) in [7, 11) is 1.53. The highest BCUT2D eigenvalue weighted by Crippen LogP contribution is 2.36. The predicted octanol–water partition coefficient (Wildman–Crippen LogP) is 2.62. The third kappa shape index (κ3) is 2.87. The van der Waals surface area contributed by atoms with Gasteiger partial charge in [0.15, 0.2) is 5.56 Å². The number of rotatable bonds is 2. The SMILES string of the molecule is C[n+]1c(O)c(-c2cccc(C(F)(F)F)c2)c(=O)n2c1SCC2CC#N. The summed E-state index contributed by atoms with van der Waals surface area (Å²) in [5.41, 5.74) is -1.73. The normalized spacial score (nSPS) is 16.5. The zero-order valence-electron chi connectivity index (χ0n) is 13.0. The monoisotopic (exact) mass is 368 g/mol. The largest absolute Gasteiger partial charge is 0.477 e. The molecule has 1 unspecified atom stereocenters. The number of hydrogen-bond acceptors (Lipinski definition) is 4. The summed E-state index contributed by atoms with van der Waals surface area (Å²) in [6, 6.07) is 5.90. The quantitative estimate of drug-likeness (QED) is 0.654. The molecule has 1 aliphatic heterocycles. The second-order valence-electron chi connectivity index (χ2n) is 5.62. The van der Waals surface area contributed by atoms with Crippen molar-refractivity contribution in [3.8, 4) is 23.1 Å². The second kappa shape index (κ2) is 6.11. The minimum atomic E-state index is -4.56. The van der Waals surface area contributed by atoms with Crippen molar-refractivity contribution in [1.82, 2.24) is 4.57 Å². The Morgan fingerprint density at radius 1 is 1.48 bits per heavy atom. The first kappa shape index (κ1) is 17.4. The number of alkyl halides is 3. The summed E-state index contributed by atoms with van der Waals surface area (Å²) in [6.07, 6.45) is -4.45. The summed E-state index contributed by atoms with van der Waals surface area (Å²) < 4.78 is 41.6. The first-order chi connectivity index (χ1) is 11.8. The summed E-state index contributed by atoms with van der Waals surface area (Å²) in [6.45, 7) is 0. The molecule has 130 valence electrons. The average molecular weight is 368 g/mol. The van der Waals surface area contributed by atoms with E-state index in [1.54, 1.807) is 0 Å². The molecule has 0 fully saturated rings. The molecule has 0 aliphatic carbocycles. The van der Waals surface area contributed by atoms with E-state index in [2.05, 4.69) is 0 Å². The van der Waals surface area contributed by atoms with Crippen molar-refractivity contribution in [2.75, 3.05) is 5.75 Å². The highest BCUT2D eigenvalue weighted by atomic mass is 32.2. The van der Waals surface area contributed by atoms with Crippen molar-refractivity contribution in [1.29, 1.82) is 5.26 Å². The van der Waals surface area contributed by atoms with E-state index in [1.807, 2.05) is 6.07 Å². The van der Waals surface area contributed by atoms with Gasteiger partial charge in [-0.2, -0.15) is 27.6 Å². The van der Waals surface area contributed by atoms with Crippen LogP contribution in [0.3, 0.4) is 0 Å². The summed E-state index contributed by atoms with van der Waals surface area (Å²) in [5, 5.41) is 19.8. The van der Waals surface area contributed by atoms with Crippen LogP contribution in [-0.4, -0.2) is 15.4 Å². The van der Waals surface area contributed by atoms with Gasteiger partial charge in [0.1, 0.15) is 6.04 Å². The molecule has 0 bridgehead atoms. The molecule has 0 saturated heterocycles. The maximum Gasteiger partial charge on any atom is 0.416 e. The Hall–Kier alpha value is -2.47. The molecule has 1 aromatic carbocycles. The Kier molecular flexibility index (Phi) is 4.24. The van der Waals surface area contributed by atoms with Crippen LogP contribution in [0.4, 0.5) is 13.2 Å². The Morgan fingerprint density at radius 2 is 2.20 bits per heavy atom. The first-order valence-corrected chi connectivity index (χ1v) is 8.29. The lowest BCUT2D eigenvalue weighted by Gasteiger charge is -2.11. The van der Waals surface area contributed by atoms with E-state index in [4.69, 9.17) is 5.26 Å². The zero-order chi connectivity index (χ0) is 18.4. The van der Waals surface area contributed by atoms with Crippen molar-refractivity contribution in [3.05, 3.63) is 40.2 Å². The van der Waals surface area contributed by atoms with Crippen LogP contribution < -0.4 is 10.1 Å². The predicted molar refractivity (Wildman–Crippen MR) is 84.0 cm³/mol. The van der Waals surface area contributed by atoms with E-state index in [-0.39, 0.29) is 23.6 Å². The summed E-state index contributed by atoms with van der Waals surface area (Å²) in [5.74, 6) is 0.0861. The molecule has 0 saturated carbocycles. The second-order valence-corrected chi connectivity index (χ2v) is 6.61. The molecule has 1 aliphatic rings. The molecule has 2 heterocycles. The number of halogens is 3. The third-order valence-electron chi connectivity index (χ3n) is 4.04. The fourth-order valence-electron chi connectivity index (χ4n) is 2.82. The van der Waals surface area contributed by atoms with Gasteiger partial charge >= 0.3 is 16.9 Å². The van der Waals surface area contributed by atoms with Gasteiger partial charge in [0.25, 0.3) is 5.88 Å². The van der Waals surface area contributed by atoms with E-state index in [0.717, 1.165) is 12.1 Å². The molecule has 0 spiro atoms. The summed E-state index contributed by atoms with van der Waals surface area (Å²) in [4.78, 5) is 12.9. The van der Waals surface area contributed by atoms with Crippen molar-refractivity contribution in [2.45, 2.75) is 23.8 Å². The molecule has 2 aromatic rings. The fourth-order valence-corrected chi connectivity index (χ4v) is 4.08. The number of nitriles is 1. The van der Waals surface area contributed by atoms with Gasteiger partial charge in [0, 0.05) is 5.75 Å². The number of hydrogen-bond donors (Lipinski definition) is 1. The molecule has 3 rings (SSSR count). The molecule has 9 heteroatoms. The van der Waals surface area contributed by atoms with E-state index in [0.29, 0.717) is 10.9 Å². The van der Waals surface area contributed by atoms with Crippen LogP contribution in [0.5, 0.6) is 5.88 Å². The maximum absolute atomic E-state index is 13.0. The van der Waals surface area contributed by atoms with Crippen LogP contribution >= 0.6 is 11.8 Å². The first-order valence-electron chi connectivity index (χ1n) is 7.30. The van der Waals surface area contributed by atoms with Gasteiger partial charge in [0.05, 0.1) is 25.1 Å². The number of nitrogens with zero attached hydrogens (tertiary/aromatic N) is 3. The van der Waals surface area contributed by atoms with Gasteiger partial charge in [-0.15, -0.1) is 0 Å². The van der Waals surface area contributed by atoms with Crippen molar-refractivity contribution >= 4 is 11.8 Å². The Morgan fingerprint density at radius 3 is 2.84 bits per heavy atom. The molecule has 5 nitrogen and oxygen atoms in total. The lowest BCUT2D eigenvalue weighted by Crippen LogP contribution is -2.40. The van der Waals surface area contributed by atoms with E-state index >= 15 is 0 Å². The molecule has 1 aromatic heterocycles. The van der Waals surface area contributed by atoms with E-state index in [1.165, 1.54) is 40.1 Å². The van der Waals surface area contributed by atoms with Gasteiger partial charge < -0.3 is 5.11 Å². The van der Waals surface area contributed by atoms with Crippen molar-refractivity contribution in [2.24, 2.45) is 7.05 Å². The van der Waals surface area contributed by atoms with Gasteiger partial charge in [0.2, 0.25) is 0 Å². The van der Waals surface area contributed by atoms with Gasteiger partial charge in [-0.25, -0.2) is 4.79 Å². The number of thioether (sulfide) groups is 1. The highest BCUT2D eigenvalue weighted by molar-refractivity contribution is 7.99. The number of fused-ring (bicyclic) bond motifs is 1. The Labute approximate surface area is 144 Å². The van der Waals surface area contributed by atoms with Crippen LogP contribution in [0.25, 0.3) is 11.1 Å². The van der Waals surface area contributed by atoms with Gasteiger partial charge in [-0.1, -0.05) is 12.1 Å². The molecule has 1 N–H and O–H groups in total. The Balaban J connectivity index is 2.26. The van der Waals surface area contributed by atoms with Crippen molar-refractivity contribution in [3.63, 3.8) is 0 Å². The molecular weight excluding hydrogens is 355 g/mol. The minimum absolute atomic E-state index is 0.0177. The van der Waals surface area contributed by atoms with Crippen molar-refractivity contribution < 1.29 is 22.8 Å². The van der Waals surface area contributed by atoms with Crippen LogP contribution in [0.1, 0.15) is 18.0 Å². The molecule has 0 amide bonds. The molecular formula is C16H13F3N3O2S+. The topological polar surface area (TPSA) is 69.9 Å². The molecule has 0 radical (unpaired) electrons. The third-order valence-corrected chi connectivity index (χ3v) is 5.32. The van der Waals surface area contributed by atoms with Crippen LogP contribution in [-0.2, 0) is 13.2 Å². The van der Waals surface area contributed by atoms with E-state index in [9.17, 15) is 23.1 Å². The zero-order valence-corrected chi connectivity index (χ0v) is 13.9. The Bertz CT molecular complexity index is 947. The van der Waals surface area contributed by atoms with Crippen LogP contribution in [0.2, 0.25) is 0 Å². The minimum Gasteiger partial charge on any atom is -0.477 e. The van der Waals surface area contributed by atoms with Gasteiger partial charge in [-0.3, -0.25) is 0 Å². The maximum atomic E-state index is 13.0. The summed E-state index contributed by atoms with van der Waals surface area (Å²) >= 11 is 1.32. The van der Waals surface area contributed by atoms with Crippen LogP contribution in [0.15, 0.2) is 34.2 Å². The highest BCUT2D eigenvalue weighted by Gasteiger charge is 2.38. The molecule has 1 atom stereocenters. The van der Waals surface area contributed by atoms with Gasteiger partial charge in [-0.05, 0) is 29.5 Å². The fraction of sp³-hybridized carbons (Fsp3) is 0.312. The molecule has 25 heavy (non-hydrogen) atoms. The van der Waals surface area contributed by atoms with Crippen LogP contribution in [0, 0.1) is 11.3 Å². The van der Waals surface area contributed by atoms with E-state index < -0.39 is 23.2 Å². The lowest BCUT2D eigenvalue weighted by molar-refractivity contribution is -0.720.